The van der Waals surface area contributed by atoms with E-state index in [-0.39, 0.29) is 11.7 Å². The van der Waals surface area contributed by atoms with Crippen molar-refractivity contribution < 1.29 is 9.90 Å². The van der Waals surface area contributed by atoms with E-state index in [1.807, 2.05) is 49.4 Å². The standard InChI is InChI=1S/C16H18N2O2S/c1-11-5-4-6-12(16(11)20)9-18-13-7-2-3-8-14(13)21-10-15(17)19/h2-8,18,20H,9-10H2,1H3,(H2,17,19). The van der Waals surface area contributed by atoms with Gasteiger partial charge in [0.05, 0.1) is 5.75 Å². The summed E-state index contributed by atoms with van der Waals surface area (Å²) in [6.07, 6.45) is 0. The Morgan fingerprint density at radius 3 is 2.76 bits per heavy atom. The number of nitrogens with one attached hydrogen (secondary N) is 1. The van der Waals surface area contributed by atoms with Crippen LogP contribution < -0.4 is 11.1 Å². The first kappa shape index (κ1) is 15.3. The van der Waals surface area contributed by atoms with Gasteiger partial charge in [-0.25, -0.2) is 0 Å². The number of hydrogen-bond donors (Lipinski definition) is 3. The molecule has 0 aliphatic rings. The van der Waals surface area contributed by atoms with Gasteiger partial charge in [0.1, 0.15) is 5.75 Å². The molecule has 2 aromatic rings. The normalized spacial score (nSPS) is 10.3. The topological polar surface area (TPSA) is 75.3 Å². The molecule has 0 fully saturated rings. The average molecular weight is 302 g/mol. The Morgan fingerprint density at radius 2 is 2.00 bits per heavy atom. The first-order valence-corrected chi connectivity index (χ1v) is 7.58. The van der Waals surface area contributed by atoms with Crippen LogP contribution in [0.5, 0.6) is 5.75 Å². The number of phenolic OH excluding ortho intramolecular Hbond substituents is 1. The van der Waals surface area contributed by atoms with Crippen molar-refractivity contribution in [3.8, 4) is 5.75 Å². The van der Waals surface area contributed by atoms with Gasteiger partial charge in [0, 0.05) is 22.7 Å². The van der Waals surface area contributed by atoms with Crippen LogP contribution >= 0.6 is 11.8 Å². The molecule has 4 nitrogen and oxygen atoms in total. The third-order valence-corrected chi connectivity index (χ3v) is 4.14. The molecular formula is C16H18N2O2S. The second-order valence-electron chi connectivity index (χ2n) is 4.69. The first-order chi connectivity index (χ1) is 10.1. The van der Waals surface area contributed by atoms with Gasteiger partial charge >= 0.3 is 0 Å². The quantitative estimate of drug-likeness (QED) is 0.717. The van der Waals surface area contributed by atoms with Gasteiger partial charge < -0.3 is 16.2 Å². The van der Waals surface area contributed by atoms with Gasteiger partial charge in [0.15, 0.2) is 0 Å². The number of aromatic hydroxyl groups is 1. The molecule has 0 aliphatic heterocycles. The maximum Gasteiger partial charge on any atom is 0.227 e. The summed E-state index contributed by atoms with van der Waals surface area (Å²) in [5, 5.41) is 13.3. The van der Waals surface area contributed by atoms with Crippen LogP contribution in [0, 0.1) is 6.92 Å². The summed E-state index contributed by atoms with van der Waals surface area (Å²) in [4.78, 5) is 11.9. The van der Waals surface area contributed by atoms with E-state index in [0.29, 0.717) is 12.3 Å². The minimum atomic E-state index is -0.342. The largest absolute Gasteiger partial charge is 0.507 e. The predicted molar refractivity (Wildman–Crippen MR) is 86.5 cm³/mol. The van der Waals surface area contributed by atoms with Crippen molar-refractivity contribution in [3.05, 3.63) is 53.6 Å². The zero-order valence-electron chi connectivity index (χ0n) is 11.8. The Kier molecular flexibility index (Phi) is 5.11. The molecule has 0 aliphatic carbocycles. The Balaban J connectivity index is 2.09. The zero-order chi connectivity index (χ0) is 15.2. The minimum Gasteiger partial charge on any atom is -0.507 e. The summed E-state index contributed by atoms with van der Waals surface area (Å²) in [5.74, 6) is 0.215. The van der Waals surface area contributed by atoms with E-state index in [4.69, 9.17) is 5.73 Å². The molecular weight excluding hydrogens is 284 g/mol. The second kappa shape index (κ2) is 7.04. The molecule has 21 heavy (non-hydrogen) atoms. The van der Waals surface area contributed by atoms with E-state index >= 15 is 0 Å². The minimum absolute atomic E-state index is 0.244. The average Bonchev–Trinajstić information content (AvgIpc) is 2.47. The molecule has 0 bridgehead atoms. The maximum atomic E-state index is 10.9. The summed E-state index contributed by atoms with van der Waals surface area (Å²) in [7, 11) is 0. The molecule has 0 saturated carbocycles. The Hall–Kier alpha value is -2.14. The fourth-order valence-electron chi connectivity index (χ4n) is 1.94. The highest BCUT2D eigenvalue weighted by molar-refractivity contribution is 8.00. The van der Waals surface area contributed by atoms with Crippen molar-refractivity contribution >= 4 is 23.4 Å². The molecule has 0 saturated heterocycles. The van der Waals surface area contributed by atoms with Crippen LogP contribution in [0.15, 0.2) is 47.4 Å². The number of rotatable bonds is 6. The number of nitrogens with two attached hydrogens (primary N) is 1. The van der Waals surface area contributed by atoms with Crippen LogP contribution in [0.25, 0.3) is 0 Å². The van der Waals surface area contributed by atoms with Crippen LogP contribution in [0.4, 0.5) is 5.69 Å². The molecule has 0 radical (unpaired) electrons. The lowest BCUT2D eigenvalue weighted by molar-refractivity contribution is -0.115. The molecule has 5 heteroatoms. The lowest BCUT2D eigenvalue weighted by Gasteiger charge is -2.12. The highest BCUT2D eigenvalue weighted by atomic mass is 32.2. The van der Waals surface area contributed by atoms with Crippen molar-refractivity contribution in [2.75, 3.05) is 11.1 Å². The van der Waals surface area contributed by atoms with Gasteiger partial charge in [-0.05, 0) is 24.6 Å². The summed E-state index contributed by atoms with van der Waals surface area (Å²) >= 11 is 1.40. The highest BCUT2D eigenvalue weighted by Gasteiger charge is 2.07. The van der Waals surface area contributed by atoms with Crippen LogP contribution in [0.1, 0.15) is 11.1 Å². The lowest BCUT2D eigenvalue weighted by Crippen LogP contribution is -2.13. The summed E-state index contributed by atoms with van der Waals surface area (Å²) in [6, 6.07) is 13.4. The molecule has 0 atom stereocenters. The molecule has 4 N–H and O–H groups in total. The number of anilines is 1. The van der Waals surface area contributed by atoms with Crippen LogP contribution in [-0.4, -0.2) is 16.8 Å². The number of thioether (sulfide) groups is 1. The molecule has 2 aromatic carbocycles. The summed E-state index contributed by atoms with van der Waals surface area (Å²) < 4.78 is 0. The third-order valence-electron chi connectivity index (χ3n) is 3.05. The van der Waals surface area contributed by atoms with Crippen molar-refractivity contribution in [2.45, 2.75) is 18.4 Å². The van der Waals surface area contributed by atoms with Gasteiger partial charge in [0.25, 0.3) is 0 Å². The van der Waals surface area contributed by atoms with Gasteiger partial charge in [0.2, 0.25) is 5.91 Å². The van der Waals surface area contributed by atoms with Crippen LogP contribution in [0.3, 0.4) is 0 Å². The number of aryl methyl sites for hydroxylation is 1. The molecule has 0 heterocycles. The zero-order valence-corrected chi connectivity index (χ0v) is 12.6. The van der Waals surface area contributed by atoms with E-state index in [1.54, 1.807) is 0 Å². The maximum absolute atomic E-state index is 10.9. The van der Waals surface area contributed by atoms with Gasteiger partial charge in [-0.1, -0.05) is 30.3 Å². The molecule has 2 rings (SSSR count). The number of primary amides is 1. The van der Waals surface area contributed by atoms with E-state index in [1.165, 1.54) is 11.8 Å². The number of carbonyl (C=O) groups excluding carboxylic acids is 1. The Labute approximate surface area is 128 Å². The number of benzene rings is 2. The molecule has 0 aromatic heterocycles. The lowest BCUT2D eigenvalue weighted by atomic mass is 10.1. The molecule has 0 spiro atoms. The van der Waals surface area contributed by atoms with E-state index in [2.05, 4.69) is 5.32 Å². The monoisotopic (exact) mass is 302 g/mol. The van der Waals surface area contributed by atoms with Crippen molar-refractivity contribution in [2.24, 2.45) is 5.73 Å². The number of amides is 1. The number of hydrogen-bond acceptors (Lipinski definition) is 4. The van der Waals surface area contributed by atoms with Gasteiger partial charge in [-0.3, -0.25) is 4.79 Å². The van der Waals surface area contributed by atoms with Crippen molar-refractivity contribution in [1.29, 1.82) is 0 Å². The smallest absolute Gasteiger partial charge is 0.227 e. The van der Waals surface area contributed by atoms with Crippen LogP contribution in [0.2, 0.25) is 0 Å². The summed E-state index contributed by atoms with van der Waals surface area (Å²) in [6.45, 7) is 2.39. The second-order valence-corrected chi connectivity index (χ2v) is 5.70. The molecule has 1 amide bonds. The van der Waals surface area contributed by atoms with Crippen molar-refractivity contribution in [3.63, 3.8) is 0 Å². The fourth-order valence-corrected chi connectivity index (χ4v) is 2.71. The number of phenols is 1. The fraction of sp³-hybridized carbons (Fsp3) is 0.188. The van der Waals surface area contributed by atoms with Gasteiger partial charge in [-0.15, -0.1) is 11.8 Å². The van der Waals surface area contributed by atoms with Gasteiger partial charge in [-0.2, -0.15) is 0 Å². The van der Waals surface area contributed by atoms with E-state index in [9.17, 15) is 9.90 Å². The molecule has 0 unspecified atom stereocenters. The molecule has 110 valence electrons. The van der Waals surface area contributed by atoms with Crippen molar-refractivity contribution in [1.82, 2.24) is 0 Å². The van der Waals surface area contributed by atoms with E-state index < -0.39 is 0 Å². The number of carbonyl (C=O) groups is 1. The Bertz CT molecular complexity index is 644. The predicted octanol–water partition coefficient (Wildman–Crippen LogP) is 2.89. The third kappa shape index (κ3) is 4.16. The Morgan fingerprint density at radius 1 is 1.24 bits per heavy atom. The summed E-state index contributed by atoms with van der Waals surface area (Å²) in [5.41, 5.74) is 7.79. The number of para-hydroxylation sites is 2. The highest BCUT2D eigenvalue weighted by Crippen LogP contribution is 2.28. The van der Waals surface area contributed by atoms with E-state index in [0.717, 1.165) is 21.7 Å². The first-order valence-electron chi connectivity index (χ1n) is 6.59. The SMILES string of the molecule is Cc1cccc(CNc2ccccc2SCC(N)=O)c1O. The van der Waals surface area contributed by atoms with Crippen LogP contribution in [-0.2, 0) is 11.3 Å².